The number of anilines is 1. The van der Waals surface area contributed by atoms with Gasteiger partial charge in [-0.1, -0.05) is 19.4 Å². The van der Waals surface area contributed by atoms with Crippen LogP contribution in [0.25, 0.3) is 0 Å². The van der Waals surface area contributed by atoms with Crippen molar-refractivity contribution in [3.63, 3.8) is 0 Å². The number of nitrogens with zero attached hydrogens (tertiary/aromatic N) is 2. The lowest BCUT2D eigenvalue weighted by molar-refractivity contribution is 0.396. The van der Waals surface area contributed by atoms with E-state index in [1.165, 1.54) is 12.8 Å². The summed E-state index contributed by atoms with van der Waals surface area (Å²) in [5.41, 5.74) is 1.61. The van der Waals surface area contributed by atoms with Crippen molar-refractivity contribution in [3.05, 3.63) is 42.0 Å². The van der Waals surface area contributed by atoms with Gasteiger partial charge >= 0.3 is 0 Å². The fraction of sp³-hybridized carbons (Fsp3) is 0.556. The number of hydrogen-bond acceptors (Lipinski definition) is 3. The molecule has 1 N–H and O–H groups in total. The first-order valence-corrected chi connectivity index (χ1v) is 8.11. The smallest absolute Gasteiger partial charge is 0.129 e. The van der Waals surface area contributed by atoms with E-state index in [2.05, 4.69) is 49.0 Å². The molecule has 1 aliphatic rings. The van der Waals surface area contributed by atoms with Gasteiger partial charge in [0.2, 0.25) is 0 Å². The summed E-state index contributed by atoms with van der Waals surface area (Å²) in [7, 11) is 0. The maximum Gasteiger partial charge on any atom is 0.129 e. The fourth-order valence-corrected chi connectivity index (χ4v) is 2.36. The molecule has 0 amide bonds. The zero-order valence-corrected chi connectivity index (χ0v) is 14.2. The average molecular weight is 305 g/mol. The first-order chi connectivity index (χ1) is 10.4. The maximum absolute atomic E-state index is 14.3. The lowest BCUT2D eigenvalue weighted by atomic mass is 10.1. The van der Waals surface area contributed by atoms with Crippen LogP contribution in [0, 0.1) is 5.82 Å². The zero-order chi connectivity index (χ0) is 16.2. The number of halogens is 1. The number of rotatable bonds is 6. The van der Waals surface area contributed by atoms with Crippen LogP contribution in [0.15, 0.2) is 30.6 Å². The van der Waals surface area contributed by atoms with Gasteiger partial charge in [0.1, 0.15) is 5.82 Å². The quantitative estimate of drug-likeness (QED) is 0.855. The maximum atomic E-state index is 14.3. The first-order valence-electron chi connectivity index (χ1n) is 8.11. The monoisotopic (exact) mass is 305 g/mol. The van der Waals surface area contributed by atoms with E-state index in [9.17, 15) is 4.39 Å². The summed E-state index contributed by atoms with van der Waals surface area (Å²) in [5, 5.41) is 3.32. The van der Waals surface area contributed by atoms with Crippen LogP contribution in [-0.2, 0) is 6.54 Å². The number of benzene rings is 1. The van der Waals surface area contributed by atoms with Gasteiger partial charge < -0.3 is 15.1 Å². The SMILES string of the molecule is CCCCN1C=CN(c2ccc(CNC(C)(C)C)c(F)c2)C1. The topological polar surface area (TPSA) is 18.5 Å². The van der Waals surface area contributed by atoms with E-state index >= 15 is 0 Å². The van der Waals surface area contributed by atoms with Crippen LogP contribution in [0.4, 0.5) is 10.1 Å². The molecule has 0 spiro atoms. The van der Waals surface area contributed by atoms with Crippen molar-refractivity contribution in [2.24, 2.45) is 0 Å². The number of unbranched alkanes of at least 4 members (excludes halogenated alkanes) is 1. The van der Waals surface area contributed by atoms with Gasteiger partial charge in [0.05, 0.1) is 6.67 Å². The summed E-state index contributed by atoms with van der Waals surface area (Å²) < 4.78 is 14.3. The van der Waals surface area contributed by atoms with Crippen LogP contribution in [0.3, 0.4) is 0 Å². The lowest BCUT2D eigenvalue weighted by Crippen LogP contribution is -2.35. The number of hydrogen-bond donors (Lipinski definition) is 1. The Bertz CT molecular complexity index is 520. The molecule has 0 unspecified atom stereocenters. The second-order valence-electron chi connectivity index (χ2n) is 6.95. The molecule has 22 heavy (non-hydrogen) atoms. The molecule has 0 saturated carbocycles. The van der Waals surface area contributed by atoms with Crippen molar-refractivity contribution in [2.75, 3.05) is 18.1 Å². The van der Waals surface area contributed by atoms with Crippen LogP contribution in [0.5, 0.6) is 0 Å². The van der Waals surface area contributed by atoms with Crippen LogP contribution in [0.2, 0.25) is 0 Å². The largest absolute Gasteiger partial charge is 0.358 e. The Balaban J connectivity index is 1.97. The van der Waals surface area contributed by atoms with E-state index in [4.69, 9.17) is 0 Å². The Kier molecular flexibility index (Phi) is 5.46. The molecular formula is C18H28FN3. The van der Waals surface area contributed by atoms with E-state index < -0.39 is 0 Å². The third-order valence-corrected chi connectivity index (χ3v) is 3.77. The van der Waals surface area contributed by atoms with Gasteiger partial charge in [0.25, 0.3) is 0 Å². The molecule has 122 valence electrons. The summed E-state index contributed by atoms with van der Waals surface area (Å²) in [4.78, 5) is 4.34. The molecule has 1 aromatic rings. The summed E-state index contributed by atoms with van der Waals surface area (Å²) in [6, 6.07) is 5.51. The van der Waals surface area contributed by atoms with Crippen molar-refractivity contribution in [3.8, 4) is 0 Å². The highest BCUT2D eigenvalue weighted by atomic mass is 19.1. The molecule has 0 bridgehead atoms. The van der Waals surface area contributed by atoms with Crippen molar-refractivity contribution in [1.29, 1.82) is 0 Å². The Labute approximate surface area is 133 Å². The molecule has 2 rings (SSSR count). The van der Waals surface area contributed by atoms with Crippen molar-refractivity contribution in [2.45, 2.75) is 52.6 Å². The molecule has 3 nitrogen and oxygen atoms in total. The summed E-state index contributed by atoms with van der Waals surface area (Å²) in [6.45, 7) is 10.8. The molecule has 0 saturated heterocycles. The van der Waals surface area contributed by atoms with Gasteiger partial charge in [-0.05, 0) is 39.3 Å². The highest BCUT2D eigenvalue weighted by Gasteiger charge is 2.16. The Morgan fingerprint density at radius 2 is 2.00 bits per heavy atom. The molecule has 1 aliphatic heterocycles. The van der Waals surface area contributed by atoms with Gasteiger partial charge in [-0.3, -0.25) is 0 Å². The van der Waals surface area contributed by atoms with Crippen LogP contribution < -0.4 is 10.2 Å². The fourth-order valence-electron chi connectivity index (χ4n) is 2.36. The van der Waals surface area contributed by atoms with Crippen molar-refractivity contribution >= 4 is 5.69 Å². The highest BCUT2D eigenvalue weighted by molar-refractivity contribution is 5.51. The second kappa shape index (κ2) is 7.14. The third kappa shape index (κ3) is 4.73. The molecule has 0 radical (unpaired) electrons. The van der Waals surface area contributed by atoms with Gasteiger partial charge in [0.15, 0.2) is 0 Å². The lowest BCUT2D eigenvalue weighted by Gasteiger charge is -2.23. The van der Waals surface area contributed by atoms with Gasteiger partial charge in [0, 0.05) is 42.3 Å². The van der Waals surface area contributed by atoms with E-state index in [0.717, 1.165) is 18.9 Å². The van der Waals surface area contributed by atoms with Gasteiger partial charge in [-0.2, -0.15) is 0 Å². The molecular weight excluding hydrogens is 277 g/mol. The van der Waals surface area contributed by atoms with E-state index in [1.807, 2.05) is 18.3 Å². The molecule has 0 atom stereocenters. The van der Waals surface area contributed by atoms with Crippen molar-refractivity contribution in [1.82, 2.24) is 10.2 Å². The standard InChI is InChI=1S/C18H28FN3/c1-5-6-9-21-10-11-22(14-21)16-8-7-15(17(19)12-16)13-20-18(2,3)4/h7-8,10-12,20H,5-6,9,13-14H2,1-4H3. The molecule has 4 heteroatoms. The Morgan fingerprint density at radius 3 is 2.64 bits per heavy atom. The zero-order valence-electron chi connectivity index (χ0n) is 14.2. The van der Waals surface area contributed by atoms with Crippen LogP contribution in [0.1, 0.15) is 46.1 Å². The van der Waals surface area contributed by atoms with Crippen molar-refractivity contribution < 1.29 is 4.39 Å². The minimum Gasteiger partial charge on any atom is -0.358 e. The Hall–Kier alpha value is -1.55. The minimum atomic E-state index is -0.144. The van der Waals surface area contributed by atoms with E-state index in [1.54, 1.807) is 6.07 Å². The van der Waals surface area contributed by atoms with E-state index in [-0.39, 0.29) is 11.4 Å². The molecule has 0 fully saturated rings. The first kappa shape index (κ1) is 16.8. The number of nitrogens with one attached hydrogen (secondary N) is 1. The van der Waals surface area contributed by atoms with Crippen LogP contribution in [-0.4, -0.2) is 23.7 Å². The minimum absolute atomic E-state index is 0.0113. The normalized spacial score (nSPS) is 15.0. The third-order valence-electron chi connectivity index (χ3n) is 3.77. The average Bonchev–Trinajstić information content (AvgIpc) is 2.91. The van der Waals surface area contributed by atoms with Gasteiger partial charge in [-0.15, -0.1) is 0 Å². The van der Waals surface area contributed by atoms with Crippen LogP contribution >= 0.6 is 0 Å². The highest BCUT2D eigenvalue weighted by Crippen LogP contribution is 2.22. The second-order valence-corrected chi connectivity index (χ2v) is 6.95. The molecule has 1 heterocycles. The summed E-state index contributed by atoms with van der Waals surface area (Å²) in [6.07, 6.45) is 6.48. The summed E-state index contributed by atoms with van der Waals surface area (Å²) >= 11 is 0. The predicted molar refractivity (Wildman–Crippen MR) is 91.1 cm³/mol. The Morgan fingerprint density at radius 1 is 1.23 bits per heavy atom. The molecule has 1 aromatic carbocycles. The summed E-state index contributed by atoms with van der Waals surface area (Å²) in [5.74, 6) is -0.144. The predicted octanol–water partition coefficient (Wildman–Crippen LogP) is 4.06. The van der Waals surface area contributed by atoms with Gasteiger partial charge in [-0.25, -0.2) is 4.39 Å². The van der Waals surface area contributed by atoms with E-state index in [0.29, 0.717) is 12.1 Å². The molecule has 0 aromatic heterocycles. The molecule has 0 aliphatic carbocycles.